The van der Waals surface area contributed by atoms with Crippen LogP contribution in [-0.2, 0) is 0 Å². The van der Waals surface area contributed by atoms with E-state index in [1.165, 1.54) is 5.56 Å². The van der Waals surface area contributed by atoms with E-state index in [2.05, 4.69) is 90.3 Å². The van der Waals surface area contributed by atoms with Gasteiger partial charge in [0.25, 0.3) is 0 Å². The van der Waals surface area contributed by atoms with Gasteiger partial charge in [-0.05, 0) is 40.1 Å². The second-order valence-electron chi connectivity index (χ2n) is 10.7. The maximum atomic E-state index is 6.67. The Balaban J connectivity index is 1.28. The SMILES string of the molecule is Clc1cc2c(c(-c3ccc(C4N=C(c5ccccc5)N=C(c5ccccc5)N4)c4ccccc34)c1)C1C=CC=CC1O2. The van der Waals surface area contributed by atoms with E-state index in [1.807, 2.05) is 48.5 Å². The van der Waals surface area contributed by atoms with Crippen molar-refractivity contribution in [3.63, 3.8) is 0 Å². The lowest BCUT2D eigenvalue weighted by atomic mass is 9.84. The third-order valence-corrected chi connectivity index (χ3v) is 8.37. The quantitative estimate of drug-likeness (QED) is 0.238. The van der Waals surface area contributed by atoms with Crippen LogP contribution in [0.5, 0.6) is 5.75 Å². The molecule has 3 atom stereocenters. The second-order valence-corrected chi connectivity index (χ2v) is 11.1. The molecule has 0 aromatic heterocycles. The minimum absolute atomic E-state index is 0.0133. The molecule has 3 unspecified atom stereocenters. The second kappa shape index (κ2) is 10.2. The number of halogens is 1. The molecule has 1 N–H and O–H groups in total. The van der Waals surface area contributed by atoms with Gasteiger partial charge in [0.2, 0.25) is 0 Å². The molecule has 5 aromatic carbocycles. The minimum Gasteiger partial charge on any atom is -0.485 e. The van der Waals surface area contributed by atoms with Gasteiger partial charge in [-0.25, -0.2) is 9.98 Å². The Morgan fingerprint density at radius 1 is 0.690 bits per heavy atom. The van der Waals surface area contributed by atoms with E-state index in [1.54, 1.807) is 0 Å². The standard InChI is InChI=1S/C37H26ClN3O/c38-25-21-31(34-30-17-9-10-18-32(30)42-33(34)22-25)28-19-20-29(27-16-8-7-15-26(27)28)37-40-35(23-11-3-1-4-12-23)39-36(41-37)24-13-5-2-6-14-24/h1-22,30,32,37H,(H,39,40,41). The van der Waals surface area contributed by atoms with E-state index in [-0.39, 0.29) is 18.2 Å². The Hall–Kier alpha value is -4.93. The fourth-order valence-corrected chi connectivity index (χ4v) is 6.44. The third-order valence-electron chi connectivity index (χ3n) is 8.15. The highest BCUT2D eigenvalue weighted by Gasteiger charge is 2.35. The molecule has 202 valence electrons. The number of hydrogen-bond acceptors (Lipinski definition) is 4. The van der Waals surface area contributed by atoms with Crippen molar-refractivity contribution in [2.24, 2.45) is 9.98 Å². The van der Waals surface area contributed by atoms with Crippen LogP contribution in [0.15, 0.2) is 143 Å². The summed E-state index contributed by atoms with van der Waals surface area (Å²) < 4.78 is 6.33. The van der Waals surface area contributed by atoms with Crippen molar-refractivity contribution in [3.8, 4) is 16.9 Å². The first kappa shape index (κ1) is 24.8. The smallest absolute Gasteiger partial charge is 0.159 e. The average molecular weight is 564 g/mol. The molecule has 2 heterocycles. The van der Waals surface area contributed by atoms with Crippen LogP contribution in [0.4, 0.5) is 0 Å². The van der Waals surface area contributed by atoms with Crippen molar-refractivity contribution < 1.29 is 4.74 Å². The van der Waals surface area contributed by atoms with Crippen molar-refractivity contribution in [1.29, 1.82) is 0 Å². The number of allylic oxidation sites excluding steroid dienone is 2. The number of aliphatic imine (C=N–C) groups is 2. The molecule has 0 amide bonds. The van der Waals surface area contributed by atoms with Crippen LogP contribution in [0.3, 0.4) is 0 Å². The molecule has 0 bridgehead atoms. The lowest BCUT2D eigenvalue weighted by molar-refractivity contribution is 0.269. The van der Waals surface area contributed by atoms with E-state index in [9.17, 15) is 0 Å². The van der Waals surface area contributed by atoms with Crippen LogP contribution in [-0.4, -0.2) is 17.8 Å². The Bertz CT molecular complexity index is 1960. The summed E-state index contributed by atoms with van der Waals surface area (Å²) in [5, 5.41) is 6.56. The zero-order valence-corrected chi connectivity index (χ0v) is 23.4. The Kier molecular flexibility index (Phi) is 6.01. The van der Waals surface area contributed by atoms with Crippen LogP contribution < -0.4 is 10.1 Å². The van der Waals surface area contributed by atoms with Crippen LogP contribution in [0, 0.1) is 0 Å². The van der Waals surface area contributed by atoms with Crippen LogP contribution in [0.1, 0.15) is 34.3 Å². The topological polar surface area (TPSA) is 46.0 Å². The van der Waals surface area contributed by atoms with E-state index in [0.29, 0.717) is 10.9 Å². The molecular formula is C37H26ClN3O. The zero-order valence-electron chi connectivity index (χ0n) is 22.6. The molecule has 5 heteroatoms. The Morgan fingerprint density at radius 2 is 1.40 bits per heavy atom. The summed E-state index contributed by atoms with van der Waals surface area (Å²) in [7, 11) is 0. The van der Waals surface area contributed by atoms with Gasteiger partial charge in [0.1, 0.15) is 23.9 Å². The molecule has 2 aliphatic heterocycles. The molecule has 0 radical (unpaired) electrons. The van der Waals surface area contributed by atoms with Gasteiger partial charge in [-0.1, -0.05) is 127 Å². The molecular weight excluding hydrogens is 538 g/mol. The molecule has 8 rings (SSSR count). The number of ether oxygens (including phenoxy) is 1. The predicted octanol–water partition coefficient (Wildman–Crippen LogP) is 8.63. The first-order chi connectivity index (χ1) is 20.7. The third kappa shape index (κ3) is 4.23. The van der Waals surface area contributed by atoms with Crippen molar-refractivity contribution in [2.45, 2.75) is 18.2 Å². The predicted molar refractivity (Wildman–Crippen MR) is 172 cm³/mol. The first-order valence-electron chi connectivity index (χ1n) is 14.1. The number of hydrogen-bond donors (Lipinski definition) is 1. The minimum atomic E-state index is -0.323. The molecule has 42 heavy (non-hydrogen) atoms. The summed E-state index contributed by atoms with van der Waals surface area (Å²) in [5.74, 6) is 2.51. The van der Waals surface area contributed by atoms with Crippen molar-refractivity contribution in [2.75, 3.05) is 0 Å². The van der Waals surface area contributed by atoms with E-state index >= 15 is 0 Å². The zero-order chi connectivity index (χ0) is 28.0. The highest BCUT2D eigenvalue weighted by atomic mass is 35.5. The maximum Gasteiger partial charge on any atom is 0.159 e. The molecule has 0 saturated heterocycles. The van der Waals surface area contributed by atoms with Crippen LogP contribution >= 0.6 is 11.6 Å². The number of nitrogens with zero attached hydrogens (tertiary/aromatic N) is 2. The summed E-state index contributed by atoms with van der Waals surface area (Å²) in [6, 6.07) is 37.3. The normalized spacial score (nSPS) is 20.3. The van der Waals surface area contributed by atoms with Gasteiger partial charge in [0, 0.05) is 33.2 Å². The Morgan fingerprint density at radius 3 is 2.21 bits per heavy atom. The molecule has 0 spiro atoms. The maximum absolute atomic E-state index is 6.67. The summed E-state index contributed by atoms with van der Waals surface area (Å²) in [4.78, 5) is 10.1. The summed E-state index contributed by atoms with van der Waals surface area (Å²) >= 11 is 6.67. The largest absolute Gasteiger partial charge is 0.485 e. The lowest BCUT2D eigenvalue weighted by Gasteiger charge is -2.25. The van der Waals surface area contributed by atoms with Gasteiger partial charge in [-0.15, -0.1) is 0 Å². The van der Waals surface area contributed by atoms with Crippen molar-refractivity contribution in [3.05, 3.63) is 161 Å². The molecule has 3 aliphatic rings. The number of benzene rings is 5. The number of amidine groups is 2. The lowest BCUT2D eigenvalue weighted by Crippen LogP contribution is -2.33. The van der Waals surface area contributed by atoms with Crippen LogP contribution in [0.25, 0.3) is 21.9 Å². The number of rotatable bonds is 4. The monoisotopic (exact) mass is 563 g/mol. The first-order valence-corrected chi connectivity index (χ1v) is 14.5. The summed E-state index contributed by atoms with van der Waals surface area (Å²) in [6.07, 6.45) is 8.15. The summed E-state index contributed by atoms with van der Waals surface area (Å²) in [6.45, 7) is 0. The Labute approximate surface area is 249 Å². The van der Waals surface area contributed by atoms with Gasteiger partial charge in [0.05, 0.1) is 0 Å². The van der Waals surface area contributed by atoms with E-state index < -0.39 is 0 Å². The highest BCUT2D eigenvalue weighted by Crippen LogP contribution is 2.49. The van der Waals surface area contributed by atoms with Crippen molar-refractivity contribution >= 4 is 34.0 Å². The average Bonchev–Trinajstić information content (AvgIpc) is 3.43. The fourth-order valence-electron chi connectivity index (χ4n) is 6.23. The molecule has 1 aliphatic carbocycles. The summed E-state index contributed by atoms with van der Waals surface area (Å²) in [5.41, 5.74) is 6.49. The van der Waals surface area contributed by atoms with E-state index in [0.717, 1.165) is 50.2 Å². The van der Waals surface area contributed by atoms with Crippen molar-refractivity contribution in [1.82, 2.24) is 5.32 Å². The number of fused-ring (bicyclic) bond motifs is 4. The van der Waals surface area contributed by atoms with Gasteiger partial charge < -0.3 is 10.1 Å². The highest BCUT2D eigenvalue weighted by molar-refractivity contribution is 6.31. The van der Waals surface area contributed by atoms with Gasteiger partial charge in [0.15, 0.2) is 5.84 Å². The van der Waals surface area contributed by atoms with Gasteiger partial charge in [-0.3, -0.25) is 0 Å². The van der Waals surface area contributed by atoms with Crippen LogP contribution in [0.2, 0.25) is 5.02 Å². The van der Waals surface area contributed by atoms with E-state index in [4.69, 9.17) is 26.3 Å². The fraction of sp³-hybridized carbons (Fsp3) is 0.0811. The molecule has 5 aromatic rings. The molecule has 4 nitrogen and oxygen atoms in total. The molecule has 0 saturated carbocycles. The van der Waals surface area contributed by atoms with Gasteiger partial charge in [-0.2, -0.15) is 0 Å². The molecule has 0 fully saturated rings. The van der Waals surface area contributed by atoms with Gasteiger partial charge >= 0.3 is 0 Å². The number of nitrogens with one attached hydrogen (secondary N) is 1.